The SMILES string of the molecule is C=C(/C=C1/CN(c2nc(OC[C@@]34CCCN3C[C@H](F)C4)nc3c2CN(C)[C@@]2(CCCc4ccccc42)C3)CCCN1)c1ccccn1. The Kier molecular flexibility index (Phi) is 8.00. The van der Waals surface area contributed by atoms with Crippen molar-refractivity contribution in [3.63, 3.8) is 0 Å². The molecular formula is C38H46FN7O. The van der Waals surface area contributed by atoms with Crippen LogP contribution in [0.25, 0.3) is 5.57 Å². The Morgan fingerprint density at radius 1 is 1.09 bits per heavy atom. The van der Waals surface area contributed by atoms with E-state index in [2.05, 4.69) is 69.0 Å². The number of anilines is 1. The van der Waals surface area contributed by atoms with Crippen LogP contribution in [-0.2, 0) is 24.9 Å². The van der Waals surface area contributed by atoms with Crippen molar-refractivity contribution in [1.82, 2.24) is 30.1 Å². The molecule has 3 aromatic rings. The molecule has 3 fully saturated rings. The molecule has 47 heavy (non-hydrogen) atoms. The number of halogens is 1. The lowest BCUT2D eigenvalue weighted by atomic mass is 9.71. The fraction of sp³-hybridized carbons (Fsp3) is 0.500. The van der Waals surface area contributed by atoms with Crippen LogP contribution in [0.5, 0.6) is 6.01 Å². The largest absolute Gasteiger partial charge is 0.461 e. The molecule has 5 aliphatic rings. The summed E-state index contributed by atoms with van der Waals surface area (Å²) >= 11 is 0. The summed E-state index contributed by atoms with van der Waals surface area (Å²) in [5.41, 5.74) is 7.62. The van der Waals surface area contributed by atoms with Crippen LogP contribution in [0.1, 0.15) is 66.6 Å². The van der Waals surface area contributed by atoms with Crippen LogP contribution >= 0.6 is 0 Å². The van der Waals surface area contributed by atoms with Gasteiger partial charge in [-0.2, -0.15) is 9.97 Å². The minimum absolute atomic E-state index is 0.107. The molecule has 6 heterocycles. The van der Waals surface area contributed by atoms with Crippen molar-refractivity contribution in [1.29, 1.82) is 0 Å². The highest BCUT2D eigenvalue weighted by Crippen LogP contribution is 2.47. The van der Waals surface area contributed by atoms with Gasteiger partial charge in [0, 0.05) is 56.5 Å². The molecule has 1 aromatic carbocycles. The Bertz CT molecular complexity index is 1680. The normalized spacial score (nSPS) is 28.4. The standard InChI is InChI=1S/C38H46FN7O/c1-27(33-13-5-6-16-41-33)20-30-24-45(18-9-17-40-30)35-31-25-44(2)38(15-7-11-28-10-3-4-12-32(28)38)22-34(31)42-36(43-35)47-26-37-14-8-19-46(37)23-29(39)21-37/h3-6,10,12-13,16,20,29,40H,1,7-9,11,14-15,17-19,21-26H2,2H3/b30-20-/t29-,37+,38+/m1/s1. The molecular weight excluding hydrogens is 589 g/mol. The maximum absolute atomic E-state index is 14.6. The monoisotopic (exact) mass is 635 g/mol. The highest BCUT2D eigenvalue weighted by molar-refractivity contribution is 5.70. The van der Waals surface area contributed by atoms with E-state index in [4.69, 9.17) is 14.7 Å². The summed E-state index contributed by atoms with van der Waals surface area (Å²) in [4.78, 5) is 22.1. The van der Waals surface area contributed by atoms with E-state index >= 15 is 0 Å². The number of rotatable bonds is 6. The summed E-state index contributed by atoms with van der Waals surface area (Å²) < 4.78 is 21.2. The van der Waals surface area contributed by atoms with Crippen molar-refractivity contribution < 1.29 is 9.13 Å². The molecule has 1 aliphatic carbocycles. The van der Waals surface area contributed by atoms with E-state index < -0.39 is 6.17 Å². The average Bonchev–Trinajstić information content (AvgIpc) is 3.51. The Morgan fingerprint density at radius 3 is 2.87 bits per heavy atom. The molecule has 4 aliphatic heterocycles. The molecule has 0 bridgehead atoms. The van der Waals surface area contributed by atoms with Crippen LogP contribution in [0.2, 0.25) is 0 Å². The van der Waals surface area contributed by atoms with Gasteiger partial charge in [0.15, 0.2) is 0 Å². The highest BCUT2D eigenvalue weighted by atomic mass is 19.1. The summed E-state index contributed by atoms with van der Waals surface area (Å²) in [6.45, 7) is 9.37. The summed E-state index contributed by atoms with van der Waals surface area (Å²) in [5.74, 6) is 0.949. The molecule has 0 saturated carbocycles. The Morgan fingerprint density at radius 2 is 1.98 bits per heavy atom. The molecule has 2 aromatic heterocycles. The van der Waals surface area contributed by atoms with Gasteiger partial charge in [0.05, 0.1) is 29.0 Å². The van der Waals surface area contributed by atoms with Crippen molar-refractivity contribution in [2.45, 2.75) is 75.2 Å². The number of allylic oxidation sites excluding steroid dienone is 2. The lowest BCUT2D eigenvalue weighted by Gasteiger charge is -2.49. The number of benzene rings is 1. The number of nitrogens with zero attached hydrogens (tertiary/aromatic N) is 6. The van der Waals surface area contributed by atoms with Crippen molar-refractivity contribution >= 4 is 11.4 Å². The van der Waals surface area contributed by atoms with Gasteiger partial charge in [-0.25, -0.2) is 4.39 Å². The van der Waals surface area contributed by atoms with Gasteiger partial charge in [-0.3, -0.25) is 14.8 Å². The first-order valence-electron chi connectivity index (χ1n) is 17.4. The van der Waals surface area contributed by atoms with Gasteiger partial charge in [-0.05, 0) is 87.0 Å². The molecule has 8 nitrogen and oxygen atoms in total. The number of aryl methyl sites for hydroxylation is 1. The Balaban J connectivity index is 1.16. The Hall–Kier alpha value is -3.82. The molecule has 8 rings (SSSR count). The fourth-order valence-electron chi connectivity index (χ4n) is 9.03. The predicted molar refractivity (Wildman–Crippen MR) is 183 cm³/mol. The number of likely N-dealkylation sites (N-methyl/N-ethyl adjacent to an activating group) is 1. The van der Waals surface area contributed by atoms with Gasteiger partial charge in [0.2, 0.25) is 0 Å². The van der Waals surface area contributed by atoms with E-state index in [0.717, 1.165) is 99.6 Å². The number of aromatic nitrogens is 3. The fourth-order valence-corrected chi connectivity index (χ4v) is 9.03. The third kappa shape index (κ3) is 5.61. The topological polar surface area (TPSA) is 69.7 Å². The minimum atomic E-state index is -0.795. The summed E-state index contributed by atoms with van der Waals surface area (Å²) in [6, 6.07) is 15.3. The maximum atomic E-state index is 14.6. The summed E-state index contributed by atoms with van der Waals surface area (Å²) in [5, 5.41) is 3.64. The maximum Gasteiger partial charge on any atom is 0.318 e. The lowest BCUT2D eigenvalue weighted by molar-refractivity contribution is 0.0714. The van der Waals surface area contributed by atoms with Gasteiger partial charge in [-0.1, -0.05) is 36.9 Å². The number of hydrogen-bond acceptors (Lipinski definition) is 8. The minimum Gasteiger partial charge on any atom is -0.461 e. The second-order valence-corrected chi connectivity index (χ2v) is 14.3. The van der Waals surface area contributed by atoms with Crippen LogP contribution in [0.4, 0.5) is 10.2 Å². The van der Waals surface area contributed by atoms with Crippen LogP contribution in [-0.4, -0.2) is 82.8 Å². The molecule has 0 unspecified atom stereocenters. The first-order valence-corrected chi connectivity index (χ1v) is 17.4. The number of alkyl halides is 1. The molecule has 3 saturated heterocycles. The second-order valence-electron chi connectivity index (χ2n) is 14.3. The molecule has 3 atom stereocenters. The molecule has 0 radical (unpaired) electrons. The average molecular weight is 636 g/mol. The highest BCUT2D eigenvalue weighted by Gasteiger charge is 2.50. The molecule has 9 heteroatoms. The predicted octanol–water partition coefficient (Wildman–Crippen LogP) is 5.44. The van der Waals surface area contributed by atoms with E-state index in [-0.39, 0.29) is 11.1 Å². The van der Waals surface area contributed by atoms with Crippen LogP contribution in [0, 0.1) is 0 Å². The van der Waals surface area contributed by atoms with Crippen LogP contribution in [0.15, 0.2) is 67.0 Å². The first-order chi connectivity index (χ1) is 22.9. The van der Waals surface area contributed by atoms with Crippen LogP contribution in [0.3, 0.4) is 0 Å². The van der Waals surface area contributed by atoms with Crippen LogP contribution < -0.4 is 15.0 Å². The lowest BCUT2D eigenvalue weighted by Crippen LogP contribution is -2.51. The number of fused-ring (bicyclic) bond motifs is 4. The third-order valence-electron chi connectivity index (χ3n) is 11.4. The van der Waals surface area contributed by atoms with E-state index in [1.165, 1.54) is 16.7 Å². The summed E-state index contributed by atoms with van der Waals surface area (Å²) in [7, 11) is 2.27. The van der Waals surface area contributed by atoms with E-state index in [1.54, 1.807) is 6.20 Å². The molecule has 246 valence electrons. The number of nitrogens with one attached hydrogen (secondary N) is 1. The van der Waals surface area contributed by atoms with Crippen molar-refractivity contribution in [2.24, 2.45) is 0 Å². The molecule has 1 N–H and O–H groups in total. The number of pyridine rings is 1. The zero-order valence-corrected chi connectivity index (χ0v) is 27.6. The van der Waals surface area contributed by atoms with Crippen molar-refractivity contribution in [2.75, 3.05) is 51.3 Å². The van der Waals surface area contributed by atoms with E-state index in [0.29, 0.717) is 32.1 Å². The van der Waals surface area contributed by atoms with Gasteiger partial charge < -0.3 is 15.0 Å². The molecule has 0 amide bonds. The third-order valence-corrected chi connectivity index (χ3v) is 11.4. The van der Waals surface area contributed by atoms with E-state index in [1.807, 2.05) is 18.2 Å². The number of ether oxygens (including phenoxy) is 1. The van der Waals surface area contributed by atoms with Gasteiger partial charge in [-0.15, -0.1) is 0 Å². The van der Waals surface area contributed by atoms with Gasteiger partial charge >= 0.3 is 6.01 Å². The van der Waals surface area contributed by atoms with E-state index in [9.17, 15) is 4.39 Å². The Labute approximate surface area is 277 Å². The molecule has 1 spiro atoms. The zero-order valence-electron chi connectivity index (χ0n) is 27.6. The zero-order chi connectivity index (χ0) is 32.0. The first kappa shape index (κ1) is 30.5. The number of hydrogen-bond donors (Lipinski definition) is 1. The smallest absolute Gasteiger partial charge is 0.318 e. The quantitative estimate of drug-likeness (QED) is 0.384. The van der Waals surface area contributed by atoms with Crippen molar-refractivity contribution in [3.8, 4) is 6.01 Å². The summed E-state index contributed by atoms with van der Waals surface area (Å²) in [6.07, 6.45) is 10.9. The van der Waals surface area contributed by atoms with Crippen molar-refractivity contribution in [3.05, 3.63) is 95.1 Å². The van der Waals surface area contributed by atoms with Gasteiger partial charge in [0.1, 0.15) is 18.6 Å². The second kappa shape index (κ2) is 12.3. The van der Waals surface area contributed by atoms with Gasteiger partial charge in [0.25, 0.3) is 0 Å².